The Morgan fingerprint density at radius 1 is 1.28 bits per heavy atom. The Balaban J connectivity index is 2.89. The summed E-state index contributed by atoms with van der Waals surface area (Å²) in [6.07, 6.45) is 2.82. The molecular formula is C12H18N4O2. The summed E-state index contributed by atoms with van der Waals surface area (Å²) in [6, 6.07) is 0. The second-order valence-electron chi connectivity index (χ2n) is 4.83. The number of carbonyl (C=O) groups is 1. The molecule has 0 radical (unpaired) electrons. The van der Waals surface area contributed by atoms with Crippen molar-refractivity contribution in [2.24, 2.45) is 0 Å². The van der Waals surface area contributed by atoms with Crippen LogP contribution in [-0.4, -0.2) is 21.5 Å². The number of rotatable bonds is 2. The molecule has 1 aromatic heterocycles. The lowest BCUT2D eigenvalue weighted by atomic mass is 10.2. The van der Waals surface area contributed by atoms with Gasteiger partial charge in [0.25, 0.3) is 0 Å². The van der Waals surface area contributed by atoms with Gasteiger partial charge in [-0.15, -0.1) is 0 Å². The first-order valence-electron chi connectivity index (χ1n) is 5.49. The third kappa shape index (κ3) is 4.04. The van der Waals surface area contributed by atoms with Gasteiger partial charge in [-0.1, -0.05) is 0 Å². The maximum absolute atomic E-state index is 11.5. The Morgan fingerprint density at radius 3 is 2.39 bits per heavy atom. The van der Waals surface area contributed by atoms with E-state index in [2.05, 4.69) is 9.97 Å². The maximum atomic E-state index is 11.5. The van der Waals surface area contributed by atoms with Crippen LogP contribution in [0.4, 0.5) is 11.8 Å². The van der Waals surface area contributed by atoms with Crippen molar-refractivity contribution in [1.29, 1.82) is 0 Å². The van der Waals surface area contributed by atoms with Gasteiger partial charge < -0.3 is 16.2 Å². The lowest BCUT2D eigenvalue weighted by Gasteiger charge is -2.17. The molecule has 0 bridgehead atoms. The van der Waals surface area contributed by atoms with E-state index >= 15 is 0 Å². The molecule has 1 aromatic rings. The predicted molar refractivity (Wildman–Crippen MR) is 70.5 cm³/mol. The summed E-state index contributed by atoms with van der Waals surface area (Å²) in [4.78, 5) is 19.3. The summed E-state index contributed by atoms with van der Waals surface area (Å²) < 4.78 is 5.13. The van der Waals surface area contributed by atoms with Crippen molar-refractivity contribution in [1.82, 2.24) is 9.97 Å². The first-order valence-corrected chi connectivity index (χ1v) is 5.49. The van der Waals surface area contributed by atoms with Crippen molar-refractivity contribution in [2.75, 3.05) is 11.5 Å². The van der Waals surface area contributed by atoms with E-state index < -0.39 is 11.6 Å². The van der Waals surface area contributed by atoms with Gasteiger partial charge in [0, 0.05) is 11.6 Å². The first-order chi connectivity index (χ1) is 8.19. The number of nitrogens with two attached hydrogens (primary N) is 2. The van der Waals surface area contributed by atoms with Crippen molar-refractivity contribution in [3.8, 4) is 0 Å². The molecule has 18 heavy (non-hydrogen) atoms. The van der Waals surface area contributed by atoms with Crippen molar-refractivity contribution in [3.63, 3.8) is 0 Å². The smallest absolute Gasteiger partial charge is 0.331 e. The molecule has 0 aromatic carbocycles. The molecule has 0 aliphatic rings. The number of aryl methyl sites for hydroxylation is 1. The Kier molecular flexibility index (Phi) is 3.90. The lowest BCUT2D eigenvalue weighted by molar-refractivity contribution is -0.148. The van der Waals surface area contributed by atoms with E-state index in [-0.39, 0.29) is 11.8 Å². The van der Waals surface area contributed by atoms with E-state index in [1.807, 2.05) is 0 Å². The van der Waals surface area contributed by atoms with Crippen LogP contribution in [0.2, 0.25) is 0 Å². The fourth-order valence-electron chi connectivity index (χ4n) is 1.32. The molecule has 0 saturated heterocycles. The van der Waals surface area contributed by atoms with Crippen LogP contribution in [0.1, 0.15) is 32.0 Å². The van der Waals surface area contributed by atoms with E-state index in [1.165, 1.54) is 12.2 Å². The number of hydrogen-bond donors (Lipinski definition) is 2. The second kappa shape index (κ2) is 5.03. The van der Waals surface area contributed by atoms with Crippen LogP contribution in [0.3, 0.4) is 0 Å². The summed E-state index contributed by atoms with van der Waals surface area (Å²) in [5.74, 6) is -0.0997. The number of esters is 1. The standard InChI is InChI=1S/C12H18N4O2/c1-7-8(10(13)16-11(14)15-7)5-6-9(17)18-12(2,3)4/h5-6H,1-4H3,(H4,13,14,15,16). The van der Waals surface area contributed by atoms with Gasteiger partial charge in [0.05, 0.1) is 5.69 Å². The zero-order chi connectivity index (χ0) is 13.9. The molecule has 6 nitrogen and oxygen atoms in total. The molecule has 1 heterocycles. The van der Waals surface area contributed by atoms with E-state index in [4.69, 9.17) is 16.2 Å². The van der Waals surface area contributed by atoms with Gasteiger partial charge in [-0.05, 0) is 33.8 Å². The van der Waals surface area contributed by atoms with Gasteiger partial charge in [0.2, 0.25) is 5.95 Å². The molecule has 0 saturated carbocycles. The monoisotopic (exact) mass is 250 g/mol. The Morgan fingerprint density at radius 2 is 1.89 bits per heavy atom. The Hall–Kier alpha value is -2.11. The van der Waals surface area contributed by atoms with Crippen molar-refractivity contribution >= 4 is 23.8 Å². The van der Waals surface area contributed by atoms with Crippen LogP contribution in [0.25, 0.3) is 6.08 Å². The van der Waals surface area contributed by atoms with Crippen LogP contribution in [0.5, 0.6) is 0 Å². The minimum atomic E-state index is -0.528. The van der Waals surface area contributed by atoms with Crippen molar-refractivity contribution in [2.45, 2.75) is 33.3 Å². The fraction of sp³-hybridized carbons (Fsp3) is 0.417. The molecule has 0 aliphatic heterocycles. The number of nitrogen functional groups attached to an aromatic ring is 2. The number of hydrogen-bond acceptors (Lipinski definition) is 6. The summed E-state index contributed by atoms with van der Waals surface area (Å²) >= 11 is 0. The van der Waals surface area contributed by atoms with E-state index in [0.717, 1.165) is 0 Å². The quantitative estimate of drug-likeness (QED) is 0.605. The average Bonchev–Trinajstić information content (AvgIpc) is 2.12. The first kappa shape index (κ1) is 14.0. The second-order valence-corrected chi connectivity index (χ2v) is 4.83. The molecule has 98 valence electrons. The molecule has 0 spiro atoms. The highest BCUT2D eigenvalue weighted by Crippen LogP contribution is 2.16. The molecule has 0 atom stereocenters. The van der Waals surface area contributed by atoms with Crippen LogP contribution < -0.4 is 11.5 Å². The summed E-state index contributed by atoms with van der Waals surface area (Å²) in [6.45, 7) is 7.13. The Bertz CT molecular complexity index is 466. The zero-order valence-corrected chi connectivity index (χ0v) is 11.0. The minimum Gasteiger partial charge on any atom is -0.457 e. The van der Waals surface area contributed by atoms with Gasteiger partial charge >= 0.3 is 5.97 Å². The van der Waals surface area contributed by atoms with Crippen LogP contribution in [-0.2, 0) is 9.53 Å². The third-order valence-electron chi connectivity index (χ3n) is 1.98. The summed E-state index contributed by atoms with van der Waals surface area (Å²) in [5.41, 5.74) is 11.8. The largest absolute Gasteiger partial charge is 0.457 e. The van der Waals surface area contributed by atoms with Gasteiger partial charge in [-0.25, -0.2) is 9.78 Å². The highest BCUT2D eigenvalue weighted by Gasteiger charge is 2.14. The normalized spacial score (nSPS) is 11.8. The minimum absolute atomic E-state index is 0.111. The summed E-state index contributed by atoms with van der Waals surface area (Å²) in [7, 11) is 0. The number of nitrogens with zero attached hydrogens (tertiary/aromatic N) is 2. The van der Waals surface area contributed by atoms with E-state index in [9.17, 15) is 4.79 Å². The molecule has 4 N–H and O–H groups in total. The SMILES string of the molecule is Cc1nc(N)nc(N)c1C=CC(=O)OC(C)(C)C. The summed E-state index contributed by atoms with van der Waals surface area (Å²) in [5, 5.41) is 0. The third-order valence-corrected chi connectivity index (χ3v) is 1.98. The van der Waals surface area contributed by atoms with Crippen molar-refractivity contribution in [3.05, 3.63) is 17.3 Å². The van der Waals surface area contributed by atoms with Gasteiger partial charge in [0.1, 0.15) is 11.4 Å². The van der Waals surface area contributed by atoms with Crippen LogP contribution in [0, 0.1) is 6.92 Å². The van der Waals surface area contributed by atoms with Gasteiger partial charge in [-0.3, -0.25) is 0 Å². The molecule has 0 amide bonds. The number of anilines is 2. The topological polar surface area (TPSA) is 104 Å². The van der Waals surface area contributed by atoms with E-state index in [0.29, 0.717) is 11.3 Å². The molecule has 1 rings (SSSR count). The molecule has 6 heteroatoms. The molecule has 0 fully saturated rings. The highest BCUT2D eigenvalue weighted by molar-refractivity contribution is 5.88. The van der Waals surface area contributed by atoms with Crippen molar-refractivity contribution < 1.29 is 9.53 Å². The van der Waals surface area contributed by atoms with E-state index in [1.54, 1.807) is 27.7 Å². The highest BCUT2D eigenvalue weighted by atomic mass is 16.6. The lowest BCUT2D eigenvalue weighted by Crippen LogP contribution is -2.22. The molecule has 0 aliphatic carbocycles. The number of ether oxygens (including phenoxy) is 1. The molecular weight excluding hydrogens is 232 g/mol. The zero-order valence-electron chi connectivity index (χ0n) is 11.0. The molecule has 0 unspecified atom stereocenters. The fourth-order valence-corrected chi connectivity index (χ4v) is 1.32. The van der Waals surface area contributed by atoms with Crippen LogP contribution in [0.15, 0.2) is 6.08 Å². The average molecular weight is 250 g/mol. The predicted octanol–water partition coefficient (Wildman–Crippen LogP) is 1.30. The Labute approximate surface area is 106 Å². The van der Waals surface area contributed by atoms with Gasteiger partial charge in [-0.2, -0.15) is 4.98 Å². The number of aromatic nitrogens is 2. The van der Waals surface area contributed by atoms with Gasteiger partial charge in [0.15, 0.2) is 0 Å². The maximum Gasteiger partial charge on any atom is 0.331 e. The number of carbonyl (C=O) groups excluding carboxylic acids is 1. The van der Waals surface area contributed by atoms with Crippen LogP contribution >= 0.6 is 0 Å².